The highest BCUT2D eigenvalue weighted by atomic mass is 16.5. The van der Waals surface area contributed by atoms with Crippen LogP contribution in [0.3, 0.4) is 0 Å². The number of nitrogens with zero attached hydrogens (tertiary/aromatic N) is 2. The molecule has 0 aliphatic carbocycles. The molecule has 0 saturated heterocycles. The molecule has 0 fully saturated rings. The van der Waals surface area contributed by atoms with Crippen LogP contribution in [-0.4, -0.2) is 26.3 Å². The third kappa shape index (κ3) is 7.08. The topological polar surface area (TPSA) is 34.0 Å². The van der Waals surface area contributed by atoms with Gasteiger partial charge in [0, 0.05) is 19.9 Å². The van der Waals surface area contributed by atoms with Gasteiger partial charge in [0.2, 0.25) is 0 Å². The zero-order valence-electron chi connectivity index (χ0n) is 6.21. The van der Waals surface area contributed by atoms with Gasteiger partial charge in [0.05, 0.1) is 12.6 Å². The fraction of sp³-hybridized carbons (Fsp3) is 0.571. The summed E-state index contributed by atoms with van der Waals surface area (Å²) in [7, 11) is 1.67. The molecule has 0 aromatic heterocycles. The molecule has 0 radical (unpaired) electrons. The second kappa shape index (κ2) is 8.08. The lowest BCUT2D eigenvalue weighted by Gasteiger charge is -1.90. The van der Waals surface area contributed by atoms with E-state index in [1.165, 1.54) is 6.20 Å². The fourth-order valence-corrected chi connectivity index (χ4v) is 0.420. The van der Waals surface area contributed by atoms with E-state index >= 15 is 0 Å². The van der Waals surface area contributed by atoms with Crippen LogP contribution in [0.15, 0.2) is 22.8 Å². The third-order valence-electron chi connectivity index (χ3n) is 0.838. The lowest BCUT2D eigenvalue weighted by molar-refractivity contribution is 0.197. The van der Waals surface area contributed by atoms with Gasteiger partial charge in [0.25, 0.3) is 0 Å². The average Bonchev–Trinajstić information content (AvgIpc) is 1.97. The summed E-state index contributed by atoms with van der Waals surface area (Å²) in [6.07, 6.45) is 2.32. The highest BCUT2D eigenvalue weighted by Crippen LogP contribution is 1.79. The first-order chi connectivity index (χ1) is 4.91. The molecule has 0 aromatic carbocycles. The first kappa shape index (κ1) is 9.08. The van der Waals surface area contributed by atoms with Gasteiger partial charge in [-0.3, -0.25) is 0 Å². The minimum absolute atomic E-state index is 0.713. The van der Waals surface area contributed by atoms with E-state index in [9.17, 15) is 0 Å². The van der Waals surface area contributed by atoms with Gasteiger partial charge in [-0.05, 0) is 6.42 Å². The van der Waals surface area contributed by atoms with Crippen molar-refractivity contribution in [3.8, 4) is 0 Å². The molecule has 3 heteroatoms. The molecule has 3 nitrogen and oxygen atoms in total. The van der Waals surface area contributed by atoms with Crippen molar-refractivity contribution >= 4 is 6.01 Å². The normalized spacial score (nSPS) is 8.10. The molecule has 56 valence electrons. The Morgan fingerprint density at radius 3 is 3.10 bits per heavy atom. The number of ether oxygens (including phenoxy) is 1. The zero-order valence-corrected chi connectivity index (χ0v) is 6.21. The maximum Gasteiger partial charge on any atom is 0.0942 e. The molecular weight excluding hydrogens is 128 g/mol. The van der Waals surface area contributed by atoms with Gasteiger partial charge in [0.1, 0.15) is 0 Å². The third-order valence-corrected chi connectivity index (χ3v) is 0.838. The smallest absolute Gasteiger partial charge is 0.0942 e. The van der Waals surface area contributed by atoms with Gasteiger partial charge in [-0.25, -0.2) is 4.99 Å². The summed E-state index contributed by atoms with van der Waals surface area (Å²) in [5, 5.41) is 0. The van der Waals surface area contributed by atoms with Gasteiger partial charge in [-0.1, -0.05) is 6.58 Å². The molecule has 0 heterocycles. The van der Waals surface area contributed by atoms with Gasteiger partial charge in [-0.2, -0.15) is 4.99 Å². The zero-order chi connectivity index (χ0) is 7.66. The van der Waals surface area contributed by atoms with Crippen molar-refractivity contribution in [1.82, 2.24) is 0 Å². The van der Waals surface area contributed by atoms with Crippen molar-refractivity contribution in [3.05, 3.63) is 12.8 Å². The predicted octanol–water partition coefficient (Wildman–Crippen LogP) is 1.34. The molecule has 0 bridgehead atoms. The van der Waals surface area contributed by atoms with Crippen LogP contribution >= 0.6 is 0 Å². The highest BCUT2D eigenvalue weighted by Gasteiger charge is 1.79. The van der Waals surface area contributed by atoms with Crippen molar-refractivity contribution in [2.75, 3.05) is 20.3 Å². The number of hydrogen-bond donors (Lipinski definition) is 0. The molecule has 0 spiro atoms. The van der Waals surface area contributed by atoms with E-state index in [-0.39, 0.29) is 0 Å². The van der Waals surface area contributed by atoms with Gasteiger partial charge in [0.15, 0.2) is 0 Å². The Hall–Kier alpha value is -0.920. The summed E-state index contributed by atoms with van der Waals surface area (Å²) in [6, 6.07) is 2.47. The molecule has 0 rings (SSSR count). The number of aliphatic imine (C=N–C) groups is 2. The maximum atomic E-state index is 4.81. The monoisotopic (exact) mass is 140 g/mol. The molecule has 0 N–H and O–H groups in total. The van der Waals surface area contributed by atoms with Crippen molar-refractivity contribution in [1.29, 1.82) is 0 Å². The van der Waals surface area contributed by atoms with Crippen LogP contribution in [-0.2, 0) is 4.74 Å². The van der Waals surface area contributed by atoms with E-state index in [1.807, 2.05) is 0 Å². The SMILES string of the molecule is C=CN=C=NCCCOC. The first-order valence-corrected chi connectivity index (χ1v) is 3.13. The van der Waals surface area contributed by atoms with Crippen molar-refractivity contribution in [2.45, 2.75) is 6.42 Å². The minimum atomic E-state index is 0.713. The Morgan fingerprint density at radius 1 is 1.70 bits per heavy atom. The molecular formula is C7H12N2O. The van der Waals surface area contributed by atoms with Crippen LogP contribution in [0.5, 0.6) is 0 Å². The van der Waals surface area contributed by atoms with E-state index in [0.29, 0.717) is 6.54 Å². The summed E-state index contributed by atoms with van der Waals surface area (Å²) in [6.45, 7) is 4.83. The molecule has 0 aliphatic rings. The van der Waals surface area contributed by atoms with Crippen molar-refractivity contribution in [3.63, 3.8) is 0 Å². The fourth-order valence-electron chi connectivity index (χ4n) is 0.420. The molecule has 0 saturated carbocycles. The van der Waals surface area contributed by atoms with E-state index in [0.717, 1.165) is 13.0 Å². The maximum absolute atomic E-state index is 4.81. The summed E-state index contributed by atoms with van der Waals surface area (Å²) in [5.74, 6) is 0. The van der Waals surface area contributed by atoms with E-state index in [1.54, 1.807) is 7.11 Å². The van der Waals surface area contributed by atoms with Gasteiger partial charge >= 0.3 is 0 Å². The highest BCUT2D eigenvalue weighted by molar-refractivity contribution is 5.42. The second-order valence-electron chi connectivity index (χ2n) is 1.64. The van der Waals surface area contributed by atoms with Crippen LogP contribution < -0.4 is 0 Å². The Balaban J connectivity index is 3.17. The Morgan fingerprint density at radius 2 is 2.50 bits per heavy atom. The summed E-state index contributed by atoms with van der Waals surface area (Å²) >= 11 is 0. The van der Waals surface area contributed by atoms with Crippen LogP contribution in [0.25, 0.3) is 0 Å². The predicted molar refractivity (Wildman–Crippen MR) is 41.4 cm³/mol. The summed E-state index contributed by atoms with van der Waals surface area (Å²) in [4.78, 5) is 7.41. The number of methoxy groups -OCH3 is 1. The average molecular weight is 140 g/mol. The van der Waals surface area contributed by atoms with E-state index in [2.05, 4.69) is 22.6 Å². The first-order valence-electron chi connectivity index (χ1n) is 3.13. The van der Waals surface area contributed by atoms with E-state index in [4.69, 9.17) is 4.74 Å². The minimum Gasteiger partial charge on any atom is -0.385 e. The molecule has 10 heavy (non-hydrogen) atoms. The number of hydrogen-bond acceptors (Lipinski definition) is 3. The van der Waals surface area contributed by atoms with Crippen LogP contribution in [0.4, 0.5) is 0 Å². The van der Waals surface area contributed by atoms with Crippen LogP contribution in [0.1, 0.15) is 6.42 Å². The Bertz CT molecular complexity index is 137. The van der Waals surface area contributed by atoms with Crippen LogP contribution in [0, 0.1) is 0 Å². The lowest BCUT2D eigenvalue weighted by Crippen LogP contribution is -1.89. The molecule has 0 atom stereocenters. The number of rotatable bonds is 5. The molecule has 0 aliphatic heterocycles. The molecule has 0 aromatic rings. The van der Waals surface area contributed by atoms with Crippen molar-refractivity contribution in [2.24, 2.45) is 9.98 Å². The standard InChI is InChI=1S/C7H12N2O/c1-3-8-7-9-5-4-6-10-2/h3H,1,4-6H2,2H3. The Labute approximate surface area is 61.1 Å². The van der Waals surface area contributed by atoms with Gasteiger partial charge in [-0.15, -0.1) is 0 Å². The summed E-state index contributed by atoms with van der Waals surface area (Å²) < 4.78 is 4.81. The second-order valence-corrected chi connectivity index (χ2v) is 1.64. The quantitative estimate of drug-likeness (QED) is 0.419. The van der Waals surface area contributed by atoms with Crippen molar-refractivity contribution < 1.29 is 4.74 Å². The lowest BCUT2D eigenvalue weighted by atomic mass is 10.5. The molecule has 0 amide bonds. The van der Waals surface area contributed by atoms with Gasteiger partial charge < -0.3 is 4.74 Å². The van der Waals surface area contributed by atoms with E-state index < -0.39 is 0 Å². The summed E-state index contributed by atoms with van der Waals surface area (Å²) in [5.41, 5.74) is 0. The molecule has 0 unspecified atom stereocenters. The van der Waals surface area contributed by atoms with Crippen LogP contribution in [0.2, 0.25) is 0 Å². The largest absolute Gasteiger partial charge is 0.385 e. The Kier molecular flexibility index (Phi) is 7.34.